The van der Waals surface area contributed by atoms with Crippen LogP contribution in [0.2, 0.25) is 0 Å². The molecule has 0 rings (SSSR count). The number of ether oxygens (including phenoxy) is 1. The van der Waals surface area contributed by atoms with Crippen LogP contribution in [0.4, 0.5) is 18.0 Å². The van der Waals surface area contributed by atoms with Crippen LogP contribution in [-0.2, 0) is 4.74 Å². The van der Waals surface area contributed by atoms with Gasteiger partial charge >= 0.3 is 12.3 Å². The third-order valence-electron chi connectivity index (χ3n) is 2.15. The maximum atomic E-state index is 11.7. The van der Waals surface area contributed by atoms with Crippen LogP contribution in [0.3, 0.4) is 0 Å². The van der Waals surface area contributed by atoms with Gasteiger partial charge in [0.05, 0.1) is 0 Å². The molecule has 0 aromatic rings. The highest BCUT2D eigenvalue weighted by Gasteiger charge is 2.29. The first-order valence-electron chi connectivity index (χ1n) is 5.70. The summed E-state index contributed by atoms with van der Waals surface area (Å²) in [6.45, 7) is 4.39. The molecule has 0 aromatic carbocycles. The van der Waals surface area contributed by atoms with Crippen LogP contribution >= 0.6 is 0 Å². The Kier molecular flexibility index (Phi) is 6.99. The van der Waals surface area contributed by atoms with Gasteiger partial charge in [0.1, 0.15) is 0 Å². The van der Waals surface area contributed by atoms with Gasteiger partial charge in [-0.25, -0.2) is 4.79 Å². The normalized spacial score (nSPS) is 13.6. The molecule has 0 saturated carbocycles. The highest BCUT2D eigenvalue weighted by molar-refractivity contribution is 5.67. The van der Waals surface area contributed by atoms with E-state index in [2.05, 4.69) is 23.9 Å². The van der Waals surface area contributed by atoms with E-state index in [0.717, 1.165) is 19.3 Å². The van der Waals surface area contributed by atoms with E-state index in [4.69, 9.17) is 0 Å². The number of amides is 1. The van der Waals surface area contributed by atoms with E-state index in [1.807, 2.05) is 0 Å². The molecule has 0 aliphatic heterocycles. The van der Waals surface area contributed by atoms with Gasteiger partial charge in [-0.2, -0.15) is 13.2 Å². The van der Waals surface area contributed by atoms with Gasteiger partial charge < -0.3 is 10.1 Å². The zero-order valence-corrected chi connectivity index (χ0v) is 10.4. The summed E-state index contributed by atoms with van der Waals surface area (Å²) >= 11 is 0. The molecule has 1 amide bonds. The molecule has 0 saturated heterocycles. The Morgan fingerprint density at radius 1 is 1.24 bits per heavy atom. The Bertz CT molecular complexity index is 229. The van der Waals surface area contributed by atoms with Gasteiger partial charge in [0.25, 0.3) is 0 Å². The number of alkyl halides is 3. The Morgan fingerprint density at radius 2 is 1.82 bits per heavy atom. The molecule has 0 fully saturated rings. The smallest absolute Gasteiger partial charge is 0.422 e. The van der Waals surface area contributed by atoms with Gasteiger partial charge in [0.15, 0.2) is 6.61 Å². The van der Waals surface area contributed by atoms with Gasteiger partial charge in [-0.3, -0.25) is 0 Å². The fourth-order valence-electron chi connectivity index (χ4n) is 1.29. The van der Waals surface area contributed by atoms with Crippen molar-refractivity contribution in [1.29, 1.82) is 0 Å². The first-order chi connectivity index (χ1) is 7.70. The van der Waals surface area contributed by atoms with Gasteiger partial charge in [0.2, 0.25) is 0 Å². The van der Waals surface area contributed by atoms with Gasteiger partial charge in [-0.05, 0) is 19.3 Å². The van der Waals surface area contributed by atoms with E-state index in [1.54, 1.807) is 6.92 Å². The van der Waals surface area contributed by atoms with Crippen LogP contribution in [0.15, 0.2) is 0 Å². The Morgan fingerprint density at radius 3 is 2.29 bits per heavy atom. The molecule has 0 heterocycles. The summed E-state index contributed by atoms with van der Waals surface area (Å²) < 4.78 is 39.2. The number of carbonyl (C=O) groups is 1. The molecule has 0 radical (unpaired) electrons. The fraction of sp³-hybridized carbons (Fsp3) is 0.909. The molecule has 102 valence electrons. The van der Waals surface area contributed by atoms with Gasteiger partial charge in [-0.1, -0.05) is 26.7 Å². The van der Waals surface area contributed by atoms with Crippen molar-refractivity contribution < 1.29 is 22.7 Å². The Balaban J connectivity index is 3.66. The molecule has 17 heavy (non-hydrogen) atoms. The largest absolute Gasteiger partial charge is 0.440 e. The number of rotatable bonds is 6. The number of hydrogen-bond acceptors (Lipinski definition) is 2. The summed E-state index contributed by atoms with van der Waals surface area (Å²) in [7, 11) is 0. The van der Waals surface area contributed by atoms with Crippen LogP contribution in [0, 0.1) is 5.92 Å². The molecule has 0 aliphatic rings. The Labute approximate surface area is 99.7 Å². The monoisotopic (exact) mass is 255 g/mol. The third-order valence-corrected chi connectivity index (χ3v) is 2.15. The van der Waals surface area contributed by atoms with E-state index in [-0.39, 0.29) is 6.04 Å². The second kappa shape index (κ2) is 7.40. The summed E-state index contributed by atoms with van der Waals surface area (Å²) in [6.07, 6.45) is -2.79. The van der Waals surface area contributed by atoms with E-state index >= 15 is 0 Å². The van der Waals surface area contributed by atoms with Crippen LogP contribution in [0.5, 0.6) is 0 Å². The quantitative estimate of drug-likeness (QED) is 0.789. The molecule has 1 unspecified atom stereocenters. The summed E-state index contributed by atoms with van der Waals surface area (Å²) in [5, 5.41) is 2.37. The fourth-order valence-corrected chi connectivity index (χ4v) is 1.29. The van der Waals surface area contributed by atoms with Crippen LogP contribution in [-0.4, -0.2) is 24.9 Å². The van der Waals surface area contributed by atoms with Crippen molar-refractivity contribution in [3.63, 3.8) is 0 Å². The van der Waals surface area contributed by atoms with Crippen molar-refractivity contribution in [2.45, 2.75) is 52.3 Å². The number of carbonyl (C=O) groups excluding carboxylic acids is 1. The molecule has 0 aromatic heterocycles. The first-order valence-corrected chi connectivity index (χ1v) is 5.70. The standard InChI is InChI=1S/C11H20F3NO2/c1-8(2)5-4-6-9(3)15-10(16)17-7-11(12,13)14/h8-9H,4-7H2,1-3H3,(H,15,16). The molecule has 0 bridgehead atoms. The summed E-state index contributed by atoms with van der Waals surface area (Å²) in [5.74, 6) is 0.583. The highest BCUT2D eigenvalue weighted by Crippen LogP contribution is 2.14. The van der Waals surface area contributed by atoms with Gasteiger partial charge in [0, 0.05) is 6.04 Å². The third kappa shape index (κ3) is 11.3. The number of hydrogen-bond donors (Lipinski definition) is 1. The van der Waals surface area contributed by atoms with Crippen molar-refractivity contribution in [1.82, 2.24) is 5.32 Å². The van der Waals surface area contributed by atoms with Crippen molar-refractivity contribution in [3.05, 3.63) is 0 Å². The van der Waals surface area contributed by atoms with Gasteiger partial charge in [-0.15, -0.1) is 0 Å². The zero-order valence-electron chi connectivity index (χ0n) is 10.4. The molecule has 0 spiro atoms. The minimum absolute atomic E-state index is 0.172. The molecular formula is C11H20F3NO2. The first kappa shape index (κ1) is 16.1. The summed E-state index contributed by atoms with van der Waals surface area (Å²) in [6, 6.07) is -0.172. The second-order valence-electron chi connectivity index (χ2n) is 4.56. The lowest BCUT2D eigenvalue weighted by molar-refractivity contribution is -0.160. The maximum absolute atomic E-state index is 11.7. The molecule has 6 heteroatoms. The van der Waals surface area contributed by atoms with Crippen molar-refractivity contribution in [2.24, 2.45) is 5.92 Å². The summed E-state index contributed by atoms with van der Waals surface area (Å²) in [4.78, 5) is 11.0. The number of nitrogens with one attached hydrogen (secondary N) is 1. The number of alkyl carbamates (subject to hydrolysis) is 1. The molecule has 1 atom stereocenters. The highest BCUT2D eigenvalue weighted by atomic mass is 19.4. The van der Waals surface area contributed by atoms with E-state index in [0.29, 0.717) is 5.92 Å². The topological polar surface area (TPSA) is 38.3 Å². The minimum Gasteiger partial charge on any atom is -0.440 e. The van der Waals surface area contributed by atoms with E-state index in [1.165, 1.54) is 0 Å². The van der Waals surface area contributed by atoms with E-state index < -0.39 is 18.9 Å². The SMILES string of the molecule is CC(C)CCCC(C)NC(=O)OCC(F)(F)F. The predicted octanol–water partition coefficient (Wildman–Crippen LogP) is 3.49. The minimum atomic E-state index is -4.47. The lowest BCUT2D eigenvalue weighted by Crippen LogP contribution is -2.35. The maximum Gasteiger partial charge on any atom is 0.422 e. The average Bonchev–Trinajstić information content (AvgIpc) is 2.13. The second-order valence-corrected chi connectivity index (χ2v) is 4.56. The summed E-state index contributed by atoms with van der Waals surface area (Å²) in [5.41, 5.74) is 0. The van der Waals surface area contributed by atoms with Crippen molar-refractivity contribution in [2.75, 3.05) is 6.61 Å². The van der Waals surface area contributed by atoms with Crippen molar-refractivity contribution in [3.8, 4) is 0 Å². The van der Waals surface area contributed by atoms with Crippen LogP contribution in [0.1, 0.15) is 40.0 Å². The Hall–Kier alpha value is -0.940. The van der Waals surface area contributed by atoms with Crippen molar-refractivity contribution >= 4 is 6.09 Å². The molecular weight excluding hydrogens is 235 g/mol. The average molecular weight is 255 g/mol. The lowest BCUT2D eigenvalue weighted by atomic mass is 10.0. The van der Waals surface area contributed by atoms with E-state index in [9.17, 15) is 18.0 Å². The van der Waals surface area contributed by atoms with Crippen LogP contribution in [0.25, 0.3) is 0 Å². The zero-order chi connectivity index (χ0) is 13.5. The number of halogens is 3. The van der Waals surface area contributed by atoms with Crippen LogP contribution < -0.4 is 5.32 Å². The molecule has 0 aliphatic carbocycles. The molecule has 3 nitrogen and oxygen atoms in total. The molecule has 1 N–H and O–H groups in total. The predicted molar refractivity (Wildman–Crippen MR) is 58.7 cm³/mol. The lowest BCUT2D eigenvalue weighted by Gasteiger charge is -2.15.